The normalized spacial score (nSPS) is 28.8. The van der Waals surface area contributed by atoms with E-state index in [1.165, 1.54) is 17.0 Å². The molecule has 2 bridgehead atoms. The predicted octanol–water partition coefficient (Wildman–Crippen LogP) is 4.79. The lowest BCUT2D eigenvalue weighted by Crippen LogP contribution is -2.48. The summed E-state index contributed by atoms with van der Waals surface area (Å²) >= 11 is 0. The Morgan fingerprint density at radius 3 is 2.27 bits per heavy atom. The highest BCUT2D eigenvalue weighted by Crippen LogP contribution is 2.87. The first-order valence-electron chi connectivity index (χ1n) is 13.7. The van der Waals surface area contributed by atoms with Crippen molar-refractivity contribution in [1.29, 1.82) is 0 Å². The number of halogens is 4. The molecule has 2 aromatic rings. The predicted molar refractivity (Wildman–Crippen MR) is 142 cm³/mol. The fraction of sp³-hybridized carbons (Fsp3) is 0.517. The zero-order valence-electron chi connectivity index (χ0n) is 22.9. The van der Waals surface area contributed by atoms with Gasteiger partial charge in [-0.2, -0.15) is 13.2 Å². The number of nitrogens with zero attached hydrogens (tertiary/aromatic N) is 1. The highest BCUT2D eigenvalue weighted by Gasteiger charge is 2.94. The number of hydrogen-bond acceptors (Lipinski definition) is 5. The minimum absolute atomic E-state index is 0.0140. The second kappa shape index (κ2) is 8.92. The van der Waals surface area contributed by atoms with Crippen LogP contribution in [0.2, 0.25) is 0 Å². The average molecular weight is 594 g/mol. The van der Waals surface area contributed by atoms with Crippen LogP contribution in [0.25, 0.3) is 0 Å². The Hall–Kier alpha value is -3.15. The fourth-order valence-corrected chi connectivity index (χ4v) is 7.54. The van der Waals surface area contributed by atoms with E-state index in [-0.39, 0.29) is 51.3 Å². The van der Waals surface area contributed by atoms with E-state index >= 15 is 0 Å². The molecule has 0 spiro atoms. The molecule has 2 saturated heterocycles. The zero-order valence-corrected chi connectivity index (χ0v) is 23.7. The van der Waals surface area contributed by atoms with Gasteiger partial charge in [0.05, 0.1) is 22.1 Å². The van der Waals surface area contributed by atoms with Crippen LogP contribution in [0.4, 0.5) is 23.2 Å². The minimum Gasteiger partial charge on any atom is -0.382 e. The van der Waals surface area contributed by atoms with Gasteiger partial charge in [-0.3, -0.25) is 9.59 Å². The molecule has 2 amide bonds. The van der Waals surface area contributed by atoms with Gasteiger partial charge < -0.3 is 15.5 Å². The van der Waals surface area contributed by atoms with Gasteiger partial charge in [-0.05, 0) is 74.3 Å². The molecule has 0 radical (unpaired) electrons. The molecular weight excluding hydrogens is 562 g/mol. The Labute approximate surface area is 235 Å². The SMILES string of the molecule is CC(C)Nc1ccc(S(C)(=O)=O)cc1C(=O)N1[C@H]2[C@H]3C([C@@H]1C(=O)N[C@@H](c1ccc(C(F)(F)F)cc1F)C1CC1)[C@]32C. The van der Waals surface area contributed by atoms with Crippen LogP contribution < -0.4 is 10.6 Å². The molecule has 41 heavy (non-hydrogen) atoms. The van der Waals surface area contributed by atoms with Crippen LogP contribution in [0, 0.1) is 29.0 Å². The Balaban J connectivity index is 1.31. The van der Waals surface area contributed by atoms with Crippen molar-refractivity contribution < 1.29 is 35.6 Å². The number of hydrogen-bond donors (Lipinski definition) is 2. The van der Waals surface area contributed by atoms with E-state index in [4.69, 9.17) is 0 Å². The van der Waals surface area contributed by atoms with Crippen LogP contribution in [0.15, 0.2) is 41.3 Å². The third-order valence-corrected chi connectivity index (χ3v) is 10.3. The summed E-state index contributed by atoms with van der Waals surface area (Å²) in [7, 11) is -3.62. The minimum atomic E-state index is -4.70. The van der Waals surface area contributed by atoms with Crippen molar-refractivity contribution in [2.45, 2.75) is 68.9 Å². The molecule has 5 aliphatic rings. The van der Waals surface area contributed by atoms with Crippen LogP contribution >= 0.6 is 0 Å². The van der Waals surface area contributed by atoms with Gasteiger partial charge in [-0.25, -0.2) is 12.8 Å². The smallest absolute Gasteiger partial charge is 0.382 e. The molecule has 3 saturated carbocycles. The van der Waals surface area contributed by atoms with Crippen LogP contribution in [0.5, 0.6) is 0 Å². The highest BCUT2D eigenvalue weighted by atomic mass is 32.2. The number of carbonyl (C=O) groups excluding carboxylic acids is 2. The number of rotatable bonds is 8. The zero-order chi connectivity index (χ0) is 29.8. The number of piperidine rings is 1. The van der Waals surface area contributed by atoms with Gasteiger partial charge in [0.25, 0.3) is 5.91 Å². The molecule has 2 N–H and O–H groups in total. The van der Waals surface area contributed by atoms with Crippen LogP contribution in [0.3, 0.4) is 0 Å². The lowest BCUT2D eigenvalue weighted by molar-refractivity contribution is -0.137. The molecule has 2 aliphatic heterocycles. The van der Waals surface area contributed by atoms with Crippen LogP contribution in [0.1, 0.15) is 61.1 Å². The third kappa shape index (κ3) is 4.49. The highest BCUT2D eigenvalue weighted by molar-refractivity contribution is 7.90. The standard InChI is InChI=1S/C29H31F4N3O4S/c1-13(2)34-20-10-8-16(41(4,39)40)12-18(20)27(38)36-24(21-22-25(36)28(21,22)3)26(37)35-23(14-5-6-14)17-9-7-15(11-19(17)30)29(31,32)33/h7-14,21-25,34H,5-6H2,1-4H3,(H,35,37)/t21?,22-,23-,24-,25+,28-/m1/s1. The lowest BCUT2D eigenvalue weighted by Gasteiger charge is -2.28. The van der Waals surface area contributed by atoms with E-state index < -0.39 is 51.3 Å². The van der Waals surface area contributed by atoms with Gasteiger partial charge in [0.1, 0.15) is 11.9 Å². The molecule has 0 aromatic heterocycles. The van der Waals surface area contributed by atoms with E-state index in [1.54, 1.807) is 6.07 Å². The Kier molecular flexibility index (Phi) is 6.09. The molecule has 5 fully saturated rings. The second-order valence-corrected chi connectivity index (χ2v) is 14.4. The quantitative estimate of drug-likeness (QED) is 0.429. The van der Waals surface area contributed by atoms with E-state index in [0.717, 1.165) is 18.4 Å². The van der Waals surface area contributed by atoms with Crippen molar-refractivity contribution in [2.24, 2.45) is 23.2 Å². The van der Waals surface area contributed by atoms with Gasteiger partial charge in [0, 0.05) is 35.5 Å². The van der Waals surface area contributed by atoms with E-state index in [1.807, 2.05) is 20.8 Å². The maximum Gasteiger partial charge on any atom is 0.416 e. The number of amides is 2. The maximum atomic E-state index is 14.9. The van der Waals surface area contributed by atoms with Crippen LogP contribution in [-0.4, -0.2) is 49.5 Å². The molecule has 2 aromatic carbocycles. The number of carbonyl (C=O) groups is 2. The second-order valence-electron chi connectivity index (χ2n) is 12.4. The summed E-state index contributed by atoms with van der Waals surface area (Å²) in [5.74, 6) is -2.06. The molecule has 12 heteroatoms. The summed E-state index contributed by atoms with van der Waals surface area (Å²) in [6, 6.07) is 4.73. The van der Waals surface area contributed by atoms with Gasteiger partial charge in [-0.1, -0.05) is 13.0 Å². The molecule has 220 valence electrons. The van der Waals surface area contributed by atoms with Crippen molar-refractivity contribution >= 4 is 27.3 Å². The fourth-order valence-electron chi connectivity index (χ4n) is 6.90. The number of anilines is 1. The van der Waals surface area contributed by atoms with E-state index in [9.17, 15) is 35.6 Å². The summed E-state index contributed by atoms with van der Waals surface area (Å²) in [4.78, 5) is 29.4. The first kappa shape index (κ1) is 28.0. The largest absolute Gasteiger partial charge is 0.416 e. The Morgan fingerprint density at radius 1 is 1.07 bits per heavy atom. The molecule has 1 unspecified atom stereocenters. The van der Waals surface area contributed by atoms with Crippen molar-refractivity contribution in [3.63, 3.8) is 0 Å². The average Bonchev–Trinajstić information content (AvgIpc) is 3.81. The molecular formula is C29H31F4N3O4S. The van der Waals surface area contributed by atoms with Crippen molar-refractivity contribution in [2.75, 3.05) is 11.6 Å². The van der Waals surface area contributed by atoms with Gasteiger partial charge in [-0.15, -0.1) is 0 Å². The van der Waals surface area contributed by atoms with E-state index in [2.05, 4.69) is 10.6 Å². The van der Waals surface area contributed by atoms with Gasteiger partial charge in [0.15, 0.2) is 9.84 Å². The summed E-state index contributed by atoms with van der Waals surface area (Å²) < 4.78 is 78.8. The van der Waals surface area contributed by atoms with Crippen molar-refractivity contribution in [3.05, 3.63) is 58.9 Å². The number of nitrogens with one attached hydrogen (secondary N) is 2. The first-order valence-corrected chi connectivity index (χ1v) is 15.5. The summed E-state index contributed by atoms with van der Waals surface area (Å²) in [5, 5.41) is 6.06. The van der Waals surface area contributed by atoms with Crippen LogP contribution in [-0.2, 0) is 20.8 Å². The molecule has 7 nitrogen and oxygen atoms in total. The molecule has 7 rings (SSSR count). The van der Waals surface area contributed by atoms with Crippen molar-refractivity contribution in [3.8, 4) is 0 Å². The summed E-state index contributed by atoms with van der Waals surface area (Å²) in [6.45, 7) is 5.77. The number of sulfone groups is 1. The Morgan fingerprint density at radius 2 is 1.73 bits per heavy atom. The summed E-state index contributed by atoms with van der Waals surface area (Å²) in [5.41, 5.74) is -0.746. The monoisotopic (exact) mass is 593 g/mol. The van der Waals surface area contributed by atoms with Crippen molar-refractivity contribution in [1.82, 2.24) is 10.2 Å². The number of benzene rings is 2. The molecule has 6 atom stereocenters. The molecule has 3 aliphatic carbocycles. The topological polar surface area (TPSA) is 95.6 Å². The van der Waals surface area contributed by atoms with E-state index in [0.29, 0.717) is 24.6 Å². The Bertz CT molecular complexity index is 1570. The number of fused-ring (bicyclic) bond motifs is 1. The first-order chi connectivity index (χ1) is 19.0. The third-order valence-electron chi connectivity index (χ3n) is 9.17. The summed E-state index contributed by atoms with van der Waals surface area (Å²) in [6.07, 6.45) is -2.26. The molecule has 2 heterocycles. The van der Waals surface area contributed by atoms with Gasteiger partial charge in [0.2, 0.25) is 5.91 Å². The number of alkyl halides is 3. The van der Waals surface area contributed by atoms with Gasteiger partial charge >= 0.3 is 6.18 Å². The maximum absolute atomic E-state index is 14.9. The lowest BCUT2D eigenvalue weighted by atomic mass is 9.98.